The molecule has 0 atom stereocenters. The van der Waals surface area contributed by atoms with Gasteiger partial charge < -0.3 is 10.1 Å². The van der Waals surface area contributed by atoms with Crippen LogP contribution in [0.25, 0.3) is 0 Å². The average Bonchev–Trinajstić information content (AvgIpc) is 2.67. The van der Waals surface area contributed by atoms with Crippen LogP contribution in [0.5, 0.6) is 5.75 Å². The summed E-state index contributed by atoms with van der Waals surface area (Å²) in [6, 6.07) is 19.5. The van der Waals surface area contributed by atoms with Crippen molar-refractivity contribution < 1.29 is 4.74 Å². The molecule has 0 saturated carbocycles. The lowest BCUT2D eigenvalue weighted by molar-refractivity contribution is 0.306. The summed E-state index contributed by atoms with van der Waals surface area (Å²) in [6.07, 6.45) is 0.990. The van der Waals surface area contributed by atoms with Gasteiger partial charge in [0, 0.05) is 27.8 Å². The summed E-state index contributed by atoms with van der Waals surface area (Å²) in [7, 11) is 0. The third kappa shape index (κ3) is 5.32. The normalized spacial score (nSPS) is 10.7. The van der Waals surface area contributed by atoms with Crippen molar-refractivity contribution in [1.29, 1.82) is 0 Å². The first-order chi connectivity index (χ1) is 13.1. The fourth-order valence-corrected chi connectivity index (χ4v) is 3.48. The Morgan fingerprint density at radius 3 is 2.41 bits per heavy atom. The zero-order valence-electron chi connectivity index (χ0n) is 14.9. The number of anilines is 1. The summed E-state index contributed by atoms with van der Waals surface area (Å²) < 4.78 is 5.82. The van der Waals surface area contributed by atoms with E-state index in [0.29, 0.717) is 34.0 Å². The number of rotatable bonds is 7. The van der Waals surface area contributed by atoms with Crippen molar-refractivity contribution in [3.63, 3.8) is 0 Å². The van der Waals surface area contributed by atoms with Gasteiger partial charge in [0.15, 0.2) is 0 Å². The van der Waals surface area contributed by atoms with Crippen LogP contribution in [0.2, 0.25) is 15.1 Å². The smallest absolute Gasteiger partial charge is 0.138 e. The molecular formula is C22H20Cl3NO. The van der Waals surface area contributed by atoms with E-state index in [4.69, 9.17) is 39.5 Å². The van der Waals surface area contributed by atoms with Gasteiger partial charge in [-0.25, -0.2) is 0 Å². The number of para-hydroxylation sites is 1. The molecule has 3 aromatic carbocycles. The first-order valence-corrected chi connectivity index (χ1v) is 9.87. The molecule has 0 heterocycles. The molecule has 2 nitrogen and oxygen atoms in total. The van der Waals surface area contributed by atoms with E-state index in [1.807, 2.05) is 30.3 Å². The van der Waals surface area contributed by atoms with Crippen LogP contribution < -0.4 is 10.1 Å². The Morgan fingerprint density at radius 2 is 1.67 bits per heavy atom. The molecule has 3 rings (SSSR count). The van der Waals surface area contributed by atoms with Crippen molar-refractivity contribution in [1.82, 2.24) is 0 Å². The lowest BCUT2D eigenvalue weighted by Gasteiger charge is -2.13. The maximum atomic E-state index is 6.39. The Bertz CT molecular complexity index is 927. The lowest BCUT2D eigenvalue weighted by Crippen LogP contribution is -2.02. The highest BCUT2D eigenvalue weighted by Gasteiger charge is 2.07. The van der Waals surface area contributed by atoms with Crippen LogP contribution in [-0.4, -0.2) is 0 Å². The summed E-state index contributed by atoms with van der Waals surface area (Å²) in [4.78, 5) is 0. The predicted molar refractivity (Wildman–Crippen MR) is 115 cm³/mol. The van der Waals surface area contributed by atoms with Crippen molar-refractivity contribution in [2.75, 3.05) is 5.32 Å². The maximum absolute atomic E-state index is 6.39. The third-order valence-corrected chi connectivity index (χ3v) is 5.16. The molecule has 0 aliphatic rings. The second-order valence-corrected chi connectivity index (χ2v) is 7.40. The molecule has 0 unspecified atom stereocenters. The molecule has 140 valence electrons. The first-order valence-electron chi connectivity index (χ1n) is 8.73. The van der Waals surface area contributed by atoms with Gasteiger partial charge in [0.05, 0.1) is 5.02 Å². The van der Waals surface area contributed by atoms with E-state index in [0.717, 1.165) is 23.2 Å². The Kier molecular flexibility index (Phi) is 6.89. The molecule has 0 amide bonds. The first kappa shape index (κ1) is 19.9. The van der Waals surface area contributed by atoms with E-state index in [-0.39, 0.29) is 0 Å². The number of benzene rings is 3. The van der Waals surface area contributed by atoms with Gasteiger partial charge in [-0.1, -0.05) is 72.1 Å². The lowest BCUT2D eigenvalue weighted by atomic mass is 10.1. The van der Waals surface area contributed by atoms with Gasteiger partial charge in [0.1, 0.15) is 12.4 Å². The minimum absolute atomic E-state index is 0.331. The topological polar surface area (TPSA) is 21.3 Å². The standard InChI is InChI=1S/C22H20Cl3NO/c1-2-16-5-3-4-6-21(16)26-13-15-7-10-22(20(25)11-15)27-14-17-8-9-18(23)12-19(17)24/h3-12,26H,2,13-14H2,1H3. The van der Waals surface area contributed by atoms with Crippen LogP contribution in [-0.2, 0) is 19.6 Å². The van der Waals surface area contributed by atoms with Gasteiger partial charge >= 0.3 is 0 Å². The summed E-state index contributed by atoms with van der Waals surface area (Å²) in [5, 5.41) is 5.22. The Morgan fingerprint density at radius 1 is 0.852 bits per heavy atom. The molecule has 0 fully saturated rings. The molecule has 1 N–H and O–H groups in total. The molecule has 5 heteroatoms. The molecule has 0 radical (unpaired) electrons. The number of hydrogen-bond donors (Lipinski definition) is 1. The van der Waals surface area contributed by atoms with E-state index in [1.54, 1.807) is 12.1 Å². The van der Waals surface area contributed by atoms with Gasteiger partial charge in [-0.15, -0.1) is 0 Å². The molecule has 0 saturated heterocycles. The fraction of sp³-hybridized carbons (Fsp3) is 0.182. The predicted octanol–water partition coefficient (Wildman–Crippen LogP) is 7.40. The third-order valence-electron chi connectivity index (χ3n) is 4.28. The van der Waals surface area contributed by atoms with Gasteiger partial charge in [-0.05, 0) is 47.9 Å². The van der Waals surface area contributed by atoms with Crippen LogP contribution in [0.15, 0.2) is 60.7 Å². The van der Waals surface area contributed by atoms with E-state index in [2.05, 4.69) is 30.4 Å². The van der Waals surface area contributed by atoms with Crippen LogP contribution in [0.3, 0.4) is 0 Å². The monoisotopic (exact) mass is 419 g/mol. The minimum atomic E-state index is 0.331. The fourth-order valence-electron chi connectivity index (χ4n) is 2.76. The molecule has 0 aliphatic heterocycles. The van der Waals surface area contributed by atoms with Crippen molar-refractivity contribution in [3.05, 3.63) is 92.4 Å². The number of hydrogen-bond acceptors (Lipinski definition) is 2. The summed E-state index contributed by atoms with van der Waals surface area (Å²) in [5.41, 5.74) is 4.39. The van der Waals surface area contributed by atoms with Crippen molar-refractivity contribution in [2.24, 2.45) is 0 Å². The van der Waals surface area contributed by atoms with Gasteiger partial charge in [-0.3, -0.25) is 0 Å². The van der Waals surface area contributed by atoms with Crippen LogP contribution >= 0.6 is 34.8 Å². The number of nitrogens with one attached hydrogen (secondary N) is 1. The van der Waals surface area contributed by atoms with E-state index < -0.39 is 0 Å². The Labute approximate surface area is 175 Å². The average molecular weight is 421 g/mol. The van der Waals surface area contributed by atoms with Gasteiger partial charge in [0.2, 0.25) is 0 Å². The molecule has 0 aromatic heterocycles. The second kappa shape index (κ2) is 9.36. The van der Waals surface area contributed by atoms with Gasteiger partial charge in [-0.2, -0.15) is 0 Å². The highest BCUT2D eigenvalue weighted by Crippen LogP contribution is 2.28. The molecule has 0 aliphatic carbocycles. The summed E-state index contributed by atoms with van der Waals surface area (Å²) in [6.45, 7) is 3.17. The highest BCUT2D eigenvalue weighted by atomic mass is 35.5. The minimum Gasteiger partial charge on any atom is -0.487 e. The second-order valence-electron chi connectivity index (χ2n) is 6.15. The van der Waals surface area contributed by atoms with E-state index in [9.17, 15) is 0 Å². The van der Waals surface area contributed by atoms with Crippen LogP contribution in [0.1, 0.15) is 23.6 Å². The van der Waals surface area contributed by atoms with Crippen molar-refractivity contribution in [2.45, 2.75) is 26.5 Å². The van der Waals surface area contributed by atoms with Gasteiger partial charge in [0.25, 0.3) is 0 Å². The zero-order chi connectivity index (χ0) is 19.2. The number of aryl methyl sites for hydroxylation is 1. The largest absolute Gasteiger partial charge is 0.487 e. The zero-order valence-corrected chi connectivity index (χ0v) is 17.2. The van der Waals surface area contributed by atoms with Crippen LogP contribution in [0.4, 0.5) is 5.69 Å². The Balaban J connectivity index is 1.63. The molecule has 3 aromatic rings. The van der Waals surface area contributed by atoms with E-state index >= 15 is 0 Å². The maximum Gasteiger partial charge on any atom is 0.138 e. The molecule has 27 heavy (non-hydrogen) atoms. The molecular weight excluding hydrogens is 401 g/mol. The highest BCUT2D eigenvalue weighted by molar-refractivity contribution is 6.35. The van der Waals surface area contributed by atoms with Crippen molar-refractivity contribution in [3.8, 4) is 5.75 Å². The van der Waals surface area contributed by atoms with Crippen LogP contribution in [0, 0.1) is 0 Å². The SMILES string of the molecule is CCc1ccccc1NCc1ccc(OCc2ccc(Cl)cc2Cl)c(Cl)c1. The summed E-state index contributed by atoms with van der Waals surface area (Å²) in [5.74, 6) is 0.625. The molecule has 0 bridgehead atoms. The number of ether oxygens (including phenoxy) is 1. The van der Waals surface area contributed by atoms with Crippen molar-refractivity contribution >= 4 is 40.5 Å². The quantitative estimate of drug-likeness (QED) is 0.430. The Hall–Kier alpha value is -1.87. The van der Waals surface area contributed by atoms with E-state index in [1.165, 1.54) is 5.56 Å². The molecule has 0 spiro atoms. The number of halogens is 3. The summed E-state index contributed by atoms with van der Waals surface area (Å²) >= 11 is 18.5.